The molecule has 4 heteroatoms. The van der Waals surface area contributed by atoms with E-state index < -0.39 is 0 Å². The van der Waals surface area contributed by atoms with E-state index in [4.69, 9.17) is 0 Å². The van der Waals surface area contributed by atoms with E-state index in [1.54, 1.807) is 12.1 Å². The number of likely N-dealkylation sites (tertiary alicyclic amines) is 1. The Balaban J connectivity index is 1.91. The molecule has 0 spiro atoms. The number of nitrogens with zero attached hydrogens (tertiary/aromatic N) is 2. The second kappa shape index (κ2) is 5.59. The summed E-state index contributed by atoms with van der Waals surface area (Å²) >= 11 is 0. The van der Waals surface area contributed by atoms with E-state index >= 15 is 0 Å². The molecule has 0 aliphatic carbocycles. The van der Waals surface area contributed by atoms with E-state index in [1.807, 2.05) is 0 Å². The maximum Gasteiger partial charge on any atom is 0.176 e. The largest absolute Gasteiger partial charge is 0.305 e. The Morgan fingerprint density at radius 3 is 2.61 bits per heavy atom. The summed E-state index contributed by atoms with van der Waals surface area (Å²) in [5.41, 5.74) is 0.588. The maximum atomic E-state index is 12.8. The van der Waals surface area contributed by atoms with Crippen LogP contribution in [-0.2, 0) is 0 Å². The lowest BCUT2D eigenvalue weighted by Gasteiger charge is -2.19. The van der Waals surface area contributed by atoms with Crippen LogP contribution in [0.4, 0.5) is 4.39 Å². The minimum atomic E-state index is -0.305. The molecule has 0 amide bonds. The number of likely N-dealkylation sites (N-methyl/N-ethyl adjacent to an activating group) is 1. The molecule has 1 heterocycles. The highest BCUT2D eigenvalue weighted by atomic mass is 19.1. The molecule has 2 rings (SSSR count). The molecule has 1 saturated heterocycles. The summed E-state index contributed by atoms with van der Waals surface area (Å²) in [6.07, 6.45) is 1.10. The molecule has 0 N–H and O–H groups in total. The number of halogens is 1. The lowest BCUT2D eigenvalue weighted by Crippen LogP contribution is -2.33. The zero-order chi connectivity index (χ0) is 13.1. The Bertz CT molecular complexity index is 416. The Hall–Kier alpha value is -1.26. The van der Waals surface area contributed by atoms with E-state index in [0.717, 1.165) is 19.5 Å². The van der Waals surface area contributed by atoms with E-state index in [-0.39, 0.29) is 11.6 Å². The number of rotatable bonds is 4. The summed E-state index contributed by atoms with van der Waals surface area (Å²) < 4.78 is 12.8. The van der Waals surface area contributed by atoms with Gasteiger partial charge in [-0.3, -0.25) is 9.69 Å². The third-order valence-corrected chi connectivity index (χ3v) is 3.51. The number of hydrogen-bond donors (Lipinski definition) is 0. The van der Waals surface area contributed by atoms with Gasteiger partial charge in [0.15, 0.2) is 5.78 Å². The summed E-state index contributed by atoms with van der Waals surface area (Å²) in [5.74, 6) is -0.241. The monoisotopic (exact) mass is 250 g/mol. The van der Waals surface area contributed by atoms with Crippen LogP contribution in [0, 0.1) is 5.82 Å². The van der Waals surface area contributed by atoms with Gasteiger partial charge in [0.2, 0.25) is 0 Å². The van der Waals surface area contributed by atoms with Crippen LogP contribution in [0.25, 0.3) is 0 Å². The highest BCUT2D eigenvalue weighted by Crippen LogP contribution is 2.14. The van der Waals surface area contributed by atoms with Crippen LogP contribution in [0.3, 0.4) is 0 Å². The second-order valence-electron chi connectivity index (χ2n) is 5.07. The van der Waals surface area contributed by atoms with Gasteiger partial charge in [0.1, 0.15) is 5.82 Å². The first-order valence-electron chi connectivity index (χ1n) is 6.24. The molecule has 98 valence electrons. The number of carbonyl (C=O) groups excluding carboxylic acids is 1. The molecule has 1 aromatic carbocycles. The third-order valence-electron chi connectivity index (χ3n) is 3.51. The van der Waals surface area contributed by atoms with E-state index in [9.17, 15) is 9.18 Å². The number of carbonyl (C=O) groups is 1. The van der Waals surface area contributed by atoms with E-state index in [1.165, 1.54) is 12.1 Å². The normalized spacial score (nSPS) is 20.6. The van der Waals surface area contributed by atoms with Crippen molar-refractivity contribution in [3.8, 4) is 0 Å². The SMILES string of the molecule is CN(C)C1CCN(CC(=O)c2ccc(F)cc2)C1. The van der Waals surface area contributed by atoms with Crippen LogP contribution in [-0.4, -0.2) is 55.4 Å². The van der Waals surface area contributed by atoms with Crippen molar-refractivity contribution < 1.29 is 9.18 Å². The van der Waals surface area contributed by atoms with Crippen molar-refractivity contribution in [3.63, 3.8) is 0 Å². The first-order valence-corrected chi connectivity index (χ1v) is 6.24. The Morgan fingerprint density at radius 2 is 2.06 bits per heavy atom. The summed E-state index contributed by atoms with van der Waals surface area (Å²) in [4.78, 5) is 16.4. The molecule has 1 fully saturated rings. The minimum Gasteiger partial charge on any atom is -0.305 e. The molecule has 0 bridgehead atoms. The highest BCUT2D eigenvalue weighted by Gasteiger charge is 2.25. The van der Waals surface area contributed by atoms with Gasteiger partial charge >= 0.3 is 0 Å². The standard InChI is InChI=1S/C14H19FN2O/c1-16(2)13-7-8-17(9-13)10-14(18)11-3-5-12(15)6-4-11/h3-6,13H,7-10H2,1-2H3. The molecule has 1 atom stereocenters. The molecule has 18 heavy (non-hydrogen) atoms. The fourth-order valence-corrected chi connectivity index (χ4v) is 2.31. The van der Waals surface area contributed by atoms with Crippen LogP contribution in [0.5, 0.6) is 0 Å². The first kappa shape index (κ1) is 13.2. The summed E-state index contributed by atoms with van der Waals surface area (Å²) in [5, 5.41) is 0. The summed E-state index contributed by atoms with van der Waals surface area (Å²) in [6.45, 7) is 2.31. The van der Waals surface area contributed by atoms with Crippen molar-refractivity contribution in [1.29, 1.82) is 0 Å². The molecule has 0 radical (unpaired) electrons. The smallest absolute Gasteiger partial charge is 0.176 e. The van der Waals surface area contributed by atoms with Crippen molar-refractivity contribution in [2.24, 2.45) is 0 Å². The van der Waals surface area contributed by atoms with Gasteiger partial charge in [-0.25, -0.2) is 4.39 Å². The van der Waals surface area contributed by atoms with Crippen LogP contribution in [0.1, 0.15) is 16.8 Å². The Morgan fingerprint density at radius 1 is 1.39 bits per heavy atom. The van der Waals surface area contributed by atoms with Gasteiger partial charge < -0.3 is 4.90 Å². The van der Waals surface area contributed by atoms with Crippen molar-refractivity contribution in [2.75, 3.05) is 33.7 Å². The van der Waals surface area contributed by atoms with Crippen LogP contribution >= 0.6 is 0 Å². The molecule has 1 aliphatic rings. The average Bonchev–Trinajstić information content (AvgIpc) is 2.78. The molecule has 1 aromatic rings. The average molecular weight is 250 g/mol. The van der Waals surface area contributed by atoms with E-state index in [0.29, 0.717) is 18.2 Å². The van der Waals surface area contributed by atoms with E-state index in [2.05, 4.69) is 23.9 Å². The van der Waals surface area contributed by atoms with Crippen molar-refractivity contribution in [1.82, 2.24) is 9.80 Å². The predicted molar refractivity (Wildman–Crippen MR) is 69.3 cm³/mol. The van der Waals surface area contributed by atoms with Crippen LogP contribution < -0.4 is 0 Å². The van der Waals surface area contributed by atoms with Gasteiger partial charge in [0.25, 0.3) is 0 Å². The fourth-order valence-electron chi connectivity index (χ4n) is 2.31. The summed E-state index contributed by atoms with van der Waals surface area (Å²) in [6, 6.07) is 6.31. The lowest BCUT2D eigenvalue weighted by molar-refractivity contribution is 0.0941. The fraction of sp³-hybridized carbons (Fsp3) is 0.500. The third kappa shape index (κ3) is 3.15. The number of hydrogen-bond acceptors (Lipinski definition) is 3. The molecule has 0 saturated carbocycles. The topological polar surface area (TPSA) is 23.6 Å². The van der Waals surface area contributed by atoms with Gasteiger partial charge in [0.05, 0.1) is 6.54 Å². The van der Waals surface area contributed by atoms with Crippen molar-refractivity contribution in [2.45, 2.75) is 12.5 Å². The molecular formula is C14H19FN2O. The zero-order valence-electron chi connectivity index (χ0n) is 10.9. The predicted octanol–water partition coefficient (Wildman–Crippen LogP) is 1.64. The second-order valence-corrected chi connectivity index (χ2v) is 5.07. The van der Waals surface area contributed by atoms with Gasteiger partial charge in [-0.15, -0.1) is 0 Å². The van der Waals surface area contributed by atoms with Gasteiger partial charge in [-0.1, -0.05) is 0 Å². The van der Waals surface area contributed by atoms with Crippen LogP contribution in [0.15, 0.2) is 24.3 Å². The van der Waals surface area contributed by atoms with Crippen LogP contribution in [0.2, 0.25) is 0 Å². The summed E-state index contributed by atoms with van der Waals surface area (Å²) in [7, 11) is 4.13. The number of ketones is 1. The number of benzene rings is 1. The molecule has 3 nitrogen and oxygen atoms in total. The van der Waals surface area contributed by atoms with Gasteiger partial charge in [-0.05, 0) is 44.8 Å². The molecule has 0 aromatic heterocycles. The van der Waals surface area contributed by atoms with Gasteiger partial charge in [0, 0.05) is 24.7 Å². The minimum absolute atomic E-state index is 0.0643. The molecule has 1 aliphatic heterocycles. The first-order chi connectivity index (χ1) is 8.56. The lowest BCUT2D eigenvalue weighted by atomic mass is 10.1. The molecular weight excluding hydrogens is 231 g/mol. The molecule has 1 unspecified atom stereocenters. The quantitative estimate of drug-likeness (QED) is 0.759. The Kier molecular flexibility index (Phi) is 4.09. The highest BCUT2D eigenvalue weighted by molar-refractivity contribution is 5.97. The Labute approximate surface area is 107 Å². The van der Waals surface area contributed by atoms with Crippen molar-refractivity contribution >= 4 is 5.78 Å². The zero-order valence-corrected chi connectivity index (χ0v) is 10.9. The van der Waals surface area contributed by atoms with Crippen molar-refractivity contribution in [3.05, 3.63) is 35.6 Å². The van der Waals surface area contributed by atoms with Gasteiger partial charge in [-0.2, -0.15) is 0 Å². The maximum absolute atomic E-state index is 12.8. The number of Topliss-reactive ketones (excluding diaryl/α,β-unsaturated/α-hetero) is 1.